The van der Waals surface area contributed by atoms with E-state index < -0.39 is 15.6 Å². The van der Waals surface area contributed by atoms with Gasteiger partial charge in [0.2, 0.25) is 9.84 Å². The summed E-state index contributed by atoms with van der Waals surface area (Å²) in [5, 5.41) is 0.708. The summed E-state index contributed by atoms with van der Waals surface area (Å²) >= 11 is 1.32. The zero-order chi connectivity index (χ0) is 15.7. The van der Waals surface area contributed by atoms with E-state index in [1.165, 1.54) is 36.0 Å². The van der Waals surface area contributed by atoms with Gasteiger partial charge in [0, 0.05) is 11.1 Å². The lowest BCUT2D eigenvalue weighted by atomic mass is 10.4. The van der Waals surface area contributed by atoms with E-state index in [1.54, 1.807) is 6.20 Å². The Balaban J connectivity index is 1.88. The molecule has 0 atom stereocenters. The van der Waals surface area contributed by atoms with Gasteiger partial charge in [-0.2, -0.15) is 8.78 Å². The summed E-state index contributed by atoms with van der Waals surface area (Å²) in [6.45, 7) is 0. The van der Waals surface area contributed by atoms with Crippen LogP contribution >= 0.6 is 11.8 Å². The molecule has 0 saturated heterocycles. The lowest BCUT2D eigenvalue weighted by molar-refractivity contribution is 0.234. The lowest BCUT2D eigenvalue weighted by Gasteiger charge is -2.05. The second kappa shape index (κ2) is 5.69. The molecule has 0 unspecified atom stereocenters. The smallest absolute Gasteiger partial charge is 0.295 e. The van der Waals surface area contributed by atoms with Crippen LogP contribution in [0.4, 0.5) is 8.78 Å². The van der Waals surface area contributed by atoms with Crippen LogP contribution in [0.25, 0.3) is 5.52 Å². The first kappa shape index (κ1) is 15.0. The normalized spacial score (nSPS) is 12.1. The summed E-state index contributed by atoms with van der Waals surface area (Å²) in [4.78, 5) is 4.60. The van der Waals surface area contributed by atoms with Crippen LogP contribution in [0.3, 0.4) is 0 Å². The molecule has 0 spiro atoms. The van der Waals surface area contributed by atoms with Gasteiger partial charge in [-0.1, -0.05) is 17.8 Å². The fourth-order valence-electron chi connectivity index (χ4n) is 1.90. The molecule has 0 bridgehead atoms. The van der Waals surface area contributed by atoms with Crippen molar-refractivity contribution in [2.75, 3.05) is 0 Å². The largest absolute Gasteiger partial charge is 0.341 e. The fraction of sp³-hybridized carbons (Fsp3) is 0.0714. The molecule has 8 heteroatoms. The molecular weight excluding hydrogens is 330 g/mol. The number of hydrogen-bond donors (Lipinski definition) is 0. The number of aromatic nitrogens is 2. The summed E-state index contributed by atoms with van der Waals surface area (Å²) in [5.74, 6) is -3.41. The number of pyridine rings is 1. The van der Waals surface area contributed by atoms with E-state index in [0.717, 1.165) is 5.52 Å². The van der Waals surface area contributed by atoms with Crippen molar-refractivity contribution in [3.05, 3.63) is 54.9 Å². The van der Waals surface area contributed by atoms with E-state index in [1.807, 2.05) is 28.8 Å². The number of halogens is 2. The minimum absolute atomic E-state index is 0.389. The number of nitrogens with zero attached hydrogens (tertiary/aromatic N) is 2. The molecule has 0 saturated carbocycles. The highest BCUT2D eigenvalue weighted by molar-refractivity contribution is 7.99. The average molecular weight is 340 g/mol. The summed E-state index contributed by atoms with van der Waals surface area (Å²) in [5.41, 5.74) is 0.932. The first-order chi connectivity index (χ1) is 10.5. The number of sulfone groups is 1. The molecule has 0 aliphatic carbocycles. The minimum Gasteiger partial charge on any atom is -0.295 e. The second-order valence-electron chi connectivity index (χ2n) is 4.42. The van der Waals surface area contributed by atoms with Gasteiger partial charge in [0.25, 0.3) is 0 Å². The third kappa shape index (κ3) is 2.71. The molecule has 114 valence electrons. The number of imidazole rings is 1. The molecule has 0 N–H and O–H groups in total. The van der Waals surface area contributed by atoms with E-state index >= 15 is 0 Å². The predicted molar refractivity (Wildman–Crippen MR) is 78.9 cm³/mol. The quantitative estimate of drug-likeness (QED) is 0.730. The van der Waals surface area contributed by atoms with Crippen molar-refractivity contribution in [2.24, 2.45) is 0 Å². The van der Waals surface area contributed by atoms with Gasteiger partial charge in [0.1, 0.15) is 0 Å². The Morgan fingerprint density at radius 3 is 2.50 bits per heavy atom. The van der Waals surface area contributed by atoms with E-state index in [4.69, 9.17) is 0 Å². The number of hydrogen-bond acceptors (Lipinski definition) is 4. The molecule has 1 aromatic carbocycles. The first-order valence-corrected chi connectivity index (χ1v) is 8.57. The maximum Gasteiger partial charge on any atom is 0.341 e. The molecule has 2 heterocycles. The predicted octanol–water partition coefficient (Wildman–Crippen LogP) is 3.48. The summed E-state index contributed by atoms with van der Waals surface area (Å²) < 4.78 is 49.6. The van der Waals surface area contributed by atoms with Gasteiger partial charge in [-0.3, -0.25) is 4.40 Å². The molecule has 3 aromatic rings. The molecule has 22 heavy (non-hydrogen) atoms. The zero-order valence-electron chi connectivity index (χ0n) is 11.1. The van der Waals surface area contributed by atoms with E-state index in [0.29, 0.717) is 10.1 Å². The van der Waals surface area contributed by atoms with Crippen LogP contribution < -0.4 is 0 Å². The topological polar surface area (TPSA) is 51.4 Å². The average Bonchev–Trinajstić information content (AvgIpc) is 2.91. The summed E-state index contributed by atoms with van der Waals surface area (Å²) in [6.07, 6.45) is 3.58. The number of alkyl halides is 2. The fourth-order valence-corrected chi connectivity index (χ4v) is 3.47. The van der Waals surface area contributed by atoms with Gasteiger partial charge >= 0.3 is 5.76 Å². The van der Waals surface area contributed by atoms with Crippen LogP contribution in [0.1, 0.15) is 0 Å². The van der Waals surface area contributed by atoms with Crippen LogP contribution in [0.5, 0.6) is 0 Å². The monoisotopic (exact) mass is 340 g/mol. The van der Waals surface area contributed by atoms with Crippen molar-refractivity contribution >= 4 is 27.1 Å². The molecule has 2 aromatic heterocycles. The van der Waals surface area contributed by atoms with Crippen molar-refractivity contribution in [2.45, 2.75) is 20.7 Å². The van der Waals surface area contributed by atoms with Crippen LogP contribution in [-0.4, -0.2) is 23.6 Å². The first-order valence-electron chi connectivity index (χ1n) is 6.20. The van der Waals surface area contributed by atoms with Crippen molar-refractivity contribution in [1.29, 1.82) is 0 Å². The molecule has 0 aliphatic heterocycles. The summed E-state index contributed by atoms with van der Waals surface area (Å²) in [7, 11) is -4.55. The van der Waals surface area contributed by atoms with Gasteiger partial charge in [0.05, 0.1) is 16.6 Å². The van der Waals surface area contributed by atoms with Gasteiger partial charge in [-0.15, -0.1) is 0 Å². The van der Waals surface area contributed by atoms with Crippen LogP contribution in [-0.2, 0) is 9.84 Å². The Morgan fingerprint density at radius 1 is 1.09 bits per heavy atom. The van der Waals surface area contributed by atoms with Gasteiger partial charge < -0.3 is 0 Å². The molecule has 0 aliphatic rings. The van der Waals surface area contributed by atoms with Crippen LogP contribution in [0.2, 0.25) is 0 Å². The molecule has 3 rings (SSSR count). The van der Waals surface area contributed by atoms with Gasteiger partial charge in [0.15, 0.2) is 5.16 Å². The highest BCUT2D eigenvalue weighted by atomic mass is 32.2. The van der Waals surface area contributed by atoms with Gasteiger partial charge in [-0.25, -0.2) is 13.4 Å². The standard InChI is InChI=1S/C14H10F2N2O2S2/c15-13(16)22(19,20)12-6-4-11(5-7-12)21-14-17-9-10-3-1-2-8-18(10)14/h1-9,13H. The zero-order valence-corrected chi connectivity index (χ0v) is 12.7. The minimum atomic E-state index is -4.55. The third-order valence-electron chi connectivity index (χ3n) is 3.00. The van der Waals surface area contributed by atoms with E-state index in [9.17, 15) is 17.2 Å². The highest BCUT2D eigenvalue weighted by Crippen LogP contribution is 2.29. The van der Waals surface area contributed by atoms with E-state index in [2.05, 4.69) is 4.98 Å². The van der Waals surface area contributed by atoms with Crippen molar-refractivity contribution in [3.8, 4) is 0 Å². The lowest BCUT2D eigenvalue weighted by Crippen LogP contribution is -2.11. The Morgan fingerprint density at radius 2 is 1.82 bits per heavy atom. The Labute approximate surface area is 129 Å². The van der Waals surface area contributed by atoms with Gasteiger partial charge in [-0.05, 0) is 36.4 Å². The number of fused-ring (bicyclic) bond motifs is 1. The Hall–Kier alpha value is -1.93. The van der Waals surface area contributed by atoms with E-state index in [-0.39, 0.29) is 4.90 Å². The van der Waals surface area contributed by atoms with Crippen molar-refractivity contribution in [1.82, 2.24) is 9.38 Å². The summed E-state index contributed by atoms with van der Waals surface area (Å²) in [6, 6.07) is 11.0. The Bertz CT molecular complexity index is 906. The Kier molecular flexibility index (Phi) is 3.88. The molecular formula is C14H10F2N2O2S2. The molecule has 0 amide bonds. The van der Waals surface area contributed by atoms with Crippen LogP contribution in [0.15, 0.2) is 69.8 Å². The molecule has 4 nitrogen and oxygen atoms in total. The molecule has 0 radical (unpaired) electrons. The maximum absolute atomic E-state index is 12.5. The van der Waals surface area contributed by atoms with Crippen molar-refractivity contribution < 1.29 is 17.2 Å². The van der Waals surface area contributed by atoms with Crippen LogP contribution in [0, 0.1) is 0 Å². The molecule has 0 fully saturated rings. The number of rotatable bonds is 4. The van der Waals surface area contributed by atoms with Crippen molar-refractivity contribution in [3.63, 3.8) is 0 Å². The second-order valence-corrected chi connectivity index (χ2v) is 7.37. The third-order valence-corrected chi connectivity index (χ3v) is 5.39. The number of benzene rings is 1. The maximum atomic E-state index is 12.5. The highest BCUT2D eigenvalue weighted by Gasteiger charge is 2.26. The SMILES string of the molecule is O=S(=O)(c1ccc(Sc2ncc3ccccn23)cc1)C(F)F.